The van der Waals surface area contributed by atoms with E-state index in [2.05, 4.69) is 9.80 Å². The molecule has 0 unspecified atom stereocenters. The highest BCUT2D eigenvalue weighted by atomic mass is 19.1. The van der Waals surface area contributed by atoms with Gasteiger partial charge in [-0.1, -0.05) is 49.6 Å². The van der Waals surface area contributed by atoms with Crippen molar-refractivity contribution in [3.8, 4) is 17.3 Å². The molecule has 0 aliphatic carbocycles. The minimum Gasteiger partial charge on any atom is -0.461 e. The van der Waals surface area contributed by atoms with E-state index in [0.29, 0.717) is 18.0 Å². The van der Waals surface area contributed by atoms with Crippen molar-refractivity contribution in [2.75, 3.05) is 37.7 Å². The fourth-order valence-electron chi connectivity index (χ4n) is 7.37. The van der Waals surface area contributed by atoms with Crippen LogP contribution in [0.25, 0.3) is 32.9 Å². The van der Waals surface area contributed by atoms with Crippen LogP contribution in [0.1, 0.15) is 63.4 Å². The van der Waals surface area contributed by atoms with Crippen molar-refractivity contribution in [2.24, 2.45) is 0 Å². The van der Waals surface area contributed by atoms with Crippen LogP contribution in [-0.4, -0.2) is 58.2 Å². The Balaban J connectivity index is 1.34. The van der Waals surface area contributed by atoms with Gasteiger partial charge in [0, 0.05) is 35.8 Å². The molecule has 0 saturated carbocycles. The quantitative estimate of drug-likeness (QED) is 0.270. The molecule has 3 saturated heterocycles. The SMILES string of the molecule is Cc1c(-c2cccc3cccc(F)c23)ncc2c(N3CCCCCCC3)nc(OCC34CCCN3CCC4)nc12. The van der Waals surface area contributed by atoms with Crippen LogP contribution in [0.4, 0.5) is 10.2 Å². The zero-order valence-electron chi connectivity index (χ0n) is 23.5. The Bertz CT molecular complexity index is 1530. The second-order valence-electron chi connectivity index (χ2n) is 11.9. The molecule has 4 aromatic rings. The minimum atomic E-state index is -0.237. The van der Waals surface area contributed by atoms with Gasteiger partial charge in [-0.05, 0) is 70.0 Å². The highest BCUT2D eigenvalue weighted by molar-refractivity contribution is 6.00. The standard InChI is InChI=1S/C33H38FN5O/c1-23-29(25-13-7-11-24-12-8-14-27(34)28(24)25)35-21-26-30(23)36-32(37-31(26)38-17-5-3-2-4-6-18-38)40-22-33-15-9-19-39(33)20-10-16-33/h7-8,11-14,21H,2-6,9-10,15-20,22H2,1H3. The van der Waals surface area contributed by atoms with Crippen LogP contribution in [0.3, 0.4) is 0 Å². The molecule has 0 amide bonds. The molecule has 2 aromatic carbocycles. The number of fused-ring (bicyclic) bond motifs is 3. The van der Waals surface area contributed by atoms with Gasteiger partial charge in [0.05, 0.1) is 22.1 Å². The molecule has 0 radical (unpaired) electrons. The number of pyridine rings is 1. The number of hydrogen-bond donors (Lipinski definition) is 0. The number of rotatable bonds is 5. The van der Waals surface area contributed by atoms with E-state index >= 15 is 4.39 Å². The summed E-state index contributed by atoms with van der Waals surface area (Å²) in [7, 11) is 0. The van der Waals surface area contributed by atoms with Crippen LogP contribution in [0.2, 0.25) is 0 Å². The molecule has 0 N–H and O–H groups in total. The molecule has 2 aromatic heterocycles. The Labute approximate surface area is 235 Å². The predicted octanol–water partition coefficient (Wildman–Crippen LogP) is 7.07. The maximum Gasteiger partial charge on any atom is 0.319 e. The predicted molar refractivity (Wildman–Crippen MR) is 159 cm³/mol. The van der Waals surface area contributed by atoms with Gasteiger partial charge in [0.1, 0.15) is 18.2 Å². The summed E-state index contributed by atoms with van der Waals surface area (Å²) in [6.07, 6.45) is 12.8. The lowest BCUT2D eigenvalue weighted by Gasteiger charge is -2.31. The summed E-state index contributed by atoms with van der Waals surface area (Å²) in [5, 5.41) is 2.40. The summed E-state index contributed by atoms with van der Waals surface area (Å²) in [6, 6.07) is 11.5. The molecule has 3 fully saturated rings. The van der Waals surface area contributed by atoms with Gasteiger partial charge in [-0.3, -0.25) is 9.88 Å². The van der Waals surface area contributed by atoms with Gasteiger partial charge in [-0.15, -0.1) is 0 Å². The van der Waals surface area contributed by atoms with Crippen LogP contribution >= 0.6 is 0 Å². The number of aryl methyl sites for hydroxylation is 1. The van der Waals surface area contributed by atoms with Gasteiger partial charge in [0.2, 0.25) is 0 Å². The van der Waals surface area contributed by atoms with Crippen LogP contribution in [0.15, 0.2) is 42.6 Å². The molecule has 208 valence electrons. The number of benzene rings is 2. The molecule has 0 spiro atoms. The van der Waals surface area contributed by atoms with Crippen molar-refractivity contribution < 1.29 is 9.13 Å². The van der Waals surface area contributed by atoms with Gasteiger partial charge in [0.25, 0.3) is 0 Å². The van der Waals surface area contributed by atoms with E-state index in [1.807, 2.05) is 37.4 Å². The second-order valence-corrected chi connectivity index (χ2v) is 11.9. The second kappa shape index (κ2) is 10.6. The smallest absolute Gasteiger partial charge is 0.319 e. The van der Waals surface area contributed by atoms with Crippen LogP contribution in [-0.2, 0) is 0 Å². The van der Waals surface area contributed by atoms with Crippen molar-refractivity contribution in [1.82, 2.24) is 19.9 Å². The van der Waals surface area contributed by atoms with Gasteiger partial charge in [0.15, 0.2) is 0 Å². The van der Waals surface area contributed by atoms with Crippen LogP contribution in [0.5, 0.6) is 6.01 Å². The summed E-state index contributed by atoms with van der Waals surface area (Å²) in [4.78, 5) is 20.0. The van der Waals surface area contributed by atoms with Gasteiger partial charge in [-0.25, -0.2) is 4.39 Å². The van der Waals surface area contributed by atoms with Gasteiger partial charge >= 0.3 is 6.01 Å². The van der Waals surface area contributed by atoms with E-state index in [4.69, 9.17) is 19.7 Å². The summed E-state index contributed by atoms with van der Waals surface area (Å²) >= 11 is 0. The number of ether oxygens (including phenoxy) is 1. The number of aromatic nitrogens is 3. The number of halogens is 1. The lowest BCUT2D eigenvalue weighted by atomic mass is 9.95. The van der Waals surface area contributed by atoms with E-state index in [-0.39, 0.29) is 11.4 Å². The summed E-state index contributed by atoms with van der Waals surface area (Å²) in [6.45, 7) is 6.95. The van der Waals surface area contributed by atoms with E-state index in [0.717, 1.165) is 77.9 Å². The first-order valence-electron chi connectivity index (χ1n) is 15.1. The molecule has 7 rings (SSSR count). The van der Waals surface area contributed by atoms with Crippen molar-refractivity contribution in [2.45, 2.75) is 70.3 Å². The third-order valence-corrected chi connectivity index (χ3v) is 9.48. The van der Waals surface area contributed by atoms with Gasteiger partial charge in [-0.2, -0.15) is 9.97 Å². The van der Waals surface area contributed by atoms with Crippen molar-refractivity contribution in [3.63, 3.8) is 0 Å². The maximum atomic E-state index is 15.1. The van der Waals surface area contributed by atoms with E-state index in [1.54, 1.807) is 6.07 Å². The number of anilines is 1. The summed E-state index contributed by atoms with van der Waals surface area (Å²) in [5.41, 5.74) is 3.43. The third kappa shape index (κ3) is 4.48. The first-order valence-corrected chi connectivity index (χ1v) is 15.1. The highest BCUT2D eigenvalue weighted by Gasteiger charge is 2.45. The molecular weight excluding hydrogens is 501 g/mol. The molecule has 40 heavy (non-hydrogen) atoms. The average Bonchev–Trinajstić information content (AvgIpc) is 3.53. The largest absolute Gasteiger partial charge is 0.461 e. The molecule has 7 heteroatoms. The Kier molecular flexibility index (Phi) is 6.78. The monoisotopic (exact) mass is 539 g/mol. The molecular formula is C33H38FN5O. The Morgan fingerprint density at radius 3 is 2.38 bits per heavy atom. The number of nitrogens with zero attached hydrogens (tertiary/aromatic N) is 5. The lowest BCUT2D eigenvalue weighted by Crippen LogP contribution is -2.43. The first kappa shape index (κ1) is 25.6. The highest BCUT2D eigenvalue weighted by Crippen LogP contribution is 2.40. The molecule has 3 aliphatic rings. The van der Waals surface area contributed by atoms with Crippen LogP contribution in [0, 0.1) is 12.7 Å². The molecule has 0 bridgehead atoms. The molecule has 5 heterocycles. The molecule has 3 aliphatic heterocycles. The average molecular weight is 540 g/mol. The summed E-state index contributed by atoms with van der Waals surface area (Å²) in [5.74, 6) is 0.680. The van der Waals surface area contributed by atoms with Crippen molar-refractivity contribution in [1.29, 1.82) is 0 Å². The minimum absolute atomic E-state index is 0.123. The Morgan fingerprint density at radius 1 is 0.875 bits per heavy atom. The van der Waals surface area contributed by atoms with E-state index in [9.17, 15) is 0 Å². The molecule has 6 nitrogen and oxygen atoms in total. The maximum absolute atomic E-state index is 15.1. The summed E-state index contributed by atoms with van der Waals surface area (Å²) < 4.78 is 21.6. The molecule has 0 atom stereocenters. The topological polar surface area (TPSA) is 54.4 Å². The lowest BCUT2D eigenvalue weighted by molar-refractivity contribution is 0.108. The normalized spacial score (nSPS) is 19.6. The Morgan fingerprint density at radius 2 is 1.60 bits per heavy atom. The number of hydrogen-bond acceptors (Lipinski definition) is 6. The first-order chi connectivity index (χ1) is 19.6. The van der Waals surface area contributed by atoms with E-state index in [1.165, 1.54) is 51.0 Å². The van der Waals surface area contributed by atoms with E-state index < -0.39 is 0 Å². The third-order valence-electron chi connectivity index (χ3n) is 9.48. The van der Waals surface area contributed by atoms with Crippen LogP contribution < -0.4 is 9.64 Å². The van der Waals surface area contributed by atoms with Crippen molar-refractivity contribution in [3.05, 3.63) is 54.0 Å². The Hall–Kier alpha value is -3.32. The van der Waals surface area contributed by atoms with Gasteiger partial charge < -0.3 is 9.64 Å². The fraction of sp³-hybridized carbons (Fsp3) is 0.485. The fourth-order valence-corrected chi connectivity index (χ4v) is 7.37. The zero-order valence-corrected chi connectivity index (χ0v) is 23.5. The zero-order chi connectivity index (χ0) is 27.1. The van der Waals surface area contributed by atoms with Crippen molar-refractivity contribution >= 4 is 27.5 Å².